The van der Waals surface area contributed by atoms with Gasteiger partial charge >= 0.3 is 0 Å². The van der Waals surface area contributed by atoms with Gasteiger partial charge in [-0.05, 0) is 195 Å². The number of rotatable bonds is 5. The molecule has 0 saturated carbocycles. The van der Waals surface area contributed by atoms with Gasteiger partial charge in [0.2, 0.25) is 0 Å². The second-order valence-corrected chi connectivity index (χ2v) is 25.0. The second kappa shape index (κ2) is 15.7. The highest BCUT2D eigenvalue weighted by Crippen LogP contribution is 2.57. The highest BCUT2D eigenvalue weighted by atomic mass is 15.1. The Morgan fingerprint density at radius 3 is 0.896 bits per heavy atom. The third-order valence-electron chi connectivity index (χ3n) is 19.2. The van der Waals surface area contributed by atoms with Crippen molar-refractivity contribution in [1.82, 2.24) is 0 Å². The summed E-state index contributed by atoms with van der Waals surface area (Å²) in [5, 5.41) is 5.12. The maximum atomic E-state index is 2.54. The van der Waals surface area contributed by atoms with Gasteiger partial charge in [0.05, 0.1) is 0 Å². The van der Waals surface area contributed by atoms with Gasteiger partial charge < -0.3 is 4.90 Å². The topological polar surface area (TPSA) is 3.24 Å². The third kappa shape index (κ3) is 6.29. The van der Waals surface area contributed by atoms with Gasteiger partial charge in [-0.25, -0.2) is 0 Å². The van der Waals surface area contributed by atoms with Crippen LogP contribution in [0.15, 0.2) is 200 Å². The monoisotopic (exact) mass is 989 g/mol. The van der Waals surface area contributed by atoms with Crippen LogP contribution in [0.2, 0.25) is 0 Å². The molecule has 372 valence electrons. The van der Waals surface area contributed by atoms with Crippen molar-refractivity contribution in [2.24, 2.45) is 0 Å². The lowest BCUT2D eigenvalue weighted by Crippen LogP contribution is -2.19. The fourth-order valence-corrected chi connectivity index (χ4v) is 15.0. The molecule has 0 aliphatic heterocycles. The first kappa shape index (κ1) is 46.1. The van der Waals surface area contributed by atoms with Gasteiger partial charge in [-0.3, -0.25) is 0 Å². The van der Waals surface area contributed by atoms with Crippen LogP contribution in [-0.2, 0) is 21.7 Å². The fraction of sp³-hybridized carbons (Fsp3) is 0.184. The second-order valence-electron chi connectivity index (χ2n) is 25.0. The van der Waals surface area contributed by atoms with E-state index >= 15 is 0 Å². The Balaban J connectivity index is 0.867. The van der Waals surface area contributed by atoms with Crippen LogP contribution < -0.4 is 4.90 Å². The molecule has 0 aromatic heterocycles. The summed E-state index contributed by atoms with van der Waals surface area (Å²) in [7, 11) is 0. The van der Waals surface area contributed by atoms with Gasteiger partial charge in [0.25, 0.3) is 0 Å². The first-order chi connectivity index (χ1) is 37.0. The molecule has 1 nitrogen and oxygen atoms in total. The molecule has 0 saturated heterocycles. The zero-order valence-electron chi connectivity index (χ0n) is 46.0. The van der Waals surface area contributed by atoms with Crippen LogP contribution in [-0.4, -0.2) is 0 Å². The van der Waals surface area contributed by atoms with E-state index in [1.54, 1.807) is 0 Å². The van der Waals surface area contributed by atoms with Crippen LogP contribution in [0.1, 0.15) is 111 Å². The maximum absolute atomic E-state index is 2.54. The van der Waals surface area contributed by atoms with Crippen LogP contribution in [0.5, 0.6) is 0 Å². The Bertz CT molecular complexity index is 4250. The number of aryl methyl sites for hydroxylation is 2. The molecule has 0 radical (unpaired) electrons. The van der Waals surface area contributed by atoms with E-state index in [0.717, 1.165) is 0 Å². The summed E-state index contributed by atoms with van der Waals surface area (Å²) in [4.78, 5) is 2.54. The zero-order valence-corrected chi connectivity index (χ0v) is 46.0. The van der Waals surface area contributed by atoms with Crippen molar-refractivity contribution in [2.75, 3.05) is 4.90 Å². The number of benzene rings is 11. The normalized spacial score (nSPS) is 15.8. The number of anilines is 3. The summed E-state index contributed by atoms with van der Waals surface area (Å²) < 4.78 is 0. The van der Waals surface area contributed by atoms with Gasteiger partial charge in [-0.1, -0.05) is 218 Å². The van der Waals surface area contributed by atoms with Crippen molar-refractivity contribution >= 4 is 38.6 Å². The Hall–Kier alpha value is -8.26. The van der Waals surface area contributed by atoms with Crippen LogP contribution in [0.3, 0.4) is 0 Å². The molecule has 15 rings (SSSR count). The van der Waals surface area contributed by atoms with E-state index in [1.807, 2.05) is 0 Å². The quantitative estimate of drug-likeness (QED) is 0.155. The molecular weight excluding hydrogens is 927 g/mol. The summed E-state index contributed by atoms with van der Waals surface area (Å²) >= 11 is 0. The van der Waals surface area contributed by atoms with E-state index in [2.05, 4.69) is 274 Å². The van der Waals surface area contributed by atoms with Crippen LogP contribution >= 0.6 is 0 Å². The van der Waals surface area contributed by atoms with Crippen LogP contribution in [0.25, 0.3) is 88.3 Å². The minimum atomic E-state index is -0.276. The Kier molecular flexibility index (Phi) is 9.38. The van der Waals surface area contributed by atoms with Crippen molar-refractivity contribution < 1.29 is 0 Å². The minimum Gasteiger partial charge on any atom is -0.310 e. The molecule has 0 bridgehead atoms. The fourth-order valence-electron chi connectivity index (χ4n) is 15.0. The summed E-state index contributed by atoms with van der Waals surface area (Å²) in [6, 6.07) is 77.5. The highest BCUT2D eigenvalue weighted by molar-refractivity contribution is 6.21. The summed E-state index contributed by atoms with van der Waals surface area (Å²) in [6.07, 6.45) is 0. The molecule has 1 heteroatoms. The molecule has 11 aromatic carbocycles. The standard InChI is InChI=1S/C76H63N/c1-44-23-30-52-56-34-27-48(41-68(56)74(5,6)64(52)37-44)77(49-28-35-57-53-31-24-45(2)38-65(53)75(7,8)69(57)42-49)50-29-36-58-55-33-26-47(40-67(55)76(9,10)70(58)43-50)72-61-20-13-11-18-59(61)71(60-19-12-14-21-62(60)72)46-25-32-54-51-17-15-16-22-63(51)73(3,4)66(54)39-46/h11-43H,1-10H3. The third-order valence-corrected chi connectivity index (χ3v) is 19.2. The van der Waals surface area contributed by atoms with Gasteiger partial charge in [-0.2, -0.15) is 0 Å². The largest absolute Gasteiger partial charge is 0.310 e. The highest BCUT2D eigenvalue weighted by Gasteiger charge is 2.41. The predicted octanol–water partition coefficient (Wildman–Crippen LogP) is 20.6. The van der Waals surface area contributed by atoms with E-state index in [1.165, 1.54) is 161 Å². The molecule has 0 atom stereocenters. The van der Waals surface area contributed by atoms with Crippen molar-refractivity contribution in [2.45, 2.75) is 90.9 Å². The first-order valence-electron chi connectivity index (χ1n) is 27.8. The smallest absolute Gasteiger partial charge is 0.0465 e. The Morgan fingerprint density at radius 1 is 0.247 bits per heavy atom. The molecule has 0 spiro atoms. The predicted molar refractivity (Wildman–Crippen MR) is 327 cm³/mol. The minimum absolute atomic E-state index is 0.0853. The van der Waals surface area contributed by atoms with Gasteiger partial charge in [0.15, 0.2) is 0 Å². The van der Waals surface area contributed by atoms with Crippen molar-refractivity contribution in [3.63, 3.8) is 0 Å². The summed E-state index contributed by atoms with van der Waals surface area (Å²) in [5.41, 5.74) is 32.4. The molecule has 0 fully saturated rings. The molecule has 4 aliphatic carbocycles. The Labute approximate surface area is 454 Å². The maximum Gasteiger partial charge on any atom is 0.0465 e. The molecular formula is C76H63N. The molecule has 0 heterocycles. The Morgan fingerprint density at radius 2 is 0.519 bits per heavy atom. The molecule has 0 unspecified atom stereocenters. The average molecular weight is 990 g/mol. The molecule has 11 aromatic rings. The molecule has 0 amide bonds. The van der Waals surface area contributed by atoms with Crippen molar-refractivity contribution in [3.05, 3.63) is 256 Å². The van der Waals surface area contributed by atoms with Crippen LogP contribution in [0.4, 0.5) is 17.1 Å². The molecule has 77 heavy (non-hydrogen) atoms. The average Bonchev–Trinajstić information content (AvgIpc) is 4.18. The van der Waals surface area contributed by atoms with E-state index in [4.69, 9.17) is 0 Å². The SMILES string of the molecule is Cc1ccc2c(c1)C(C)(C)c1cc(N(c3ccc4c(c3)C(C)(C)c3cc(C)ccc3-4)c3ccc4c(c3)C(C)(C)c3cc(-c5c6ccccc6c(-c6ccc7c(c6)C(C)(C)c6ccccc6-7)c6ccccc56)ccc3-4)ccc1-2. The zero-order chi connectivity index (χ0) is 52.7. The van der Waals surface area contributed by atoms with E-state index in [9.17, 15) is 0 Å². The number of nitrogens with zero attached hydrogens (tertiary/aromatic N) is 1. The van der Waals surface area contributed by atoms with Gasteiger partial charge in [-0.15, -0.1) is 0 Å². The van der Waals surface area contributed by atoms with Gasteiger partial charge in [0.1, 0.15) is 0 Å². The molecule has 0 N–H and O–H groups in total. The lowest BCUT2D eigenvalue weighted by atomic mass is 9.79. The lowest BCUT2D eigenvalue weighted by molar-refractivity contribution is 0.659. The van der Waals surface area contributed by atoms with E-state index in [-0.39, 0.29) is 21.7 Å². The van der Waals surface area contributed by atoms with Crippen LogP contribution in [0, 0.1) is 13.8 Å². The van der Waals surface area contributed by atoms with Gasteiger partial charge in [0, 0.05) is 38.7 Å². The number of hydrogen-bond acceptors (Lipinski definition) is 1. The summed E-state index contributed by atoms with van der Waals surface area (Å²) in [6.45, 7) is 23.7. The van der Waals surface area contributed by atoms with E-state index in [0.29, 0.717) is 0 Å². The number of hydrogen-bond donors (Lipinski definition) is 0. The van der Waals surface area contributed by atoms with E-state index < -0.39 is 0 Å². The van der Waals surface area contributed by atoms with Crippen molar-refractivity contribution in [1.29, 1.82) is 0 Å². The number of fused-ring (bicyclic) bond motifs is 14. The summed E-state index contributed by atoms with van der Waals surface area (Å²) in [5.74, 6) is 0. The first-order valence-corrected chi connectivity index (χ1v) is 27.8. The van der Waals surface area contributed by atoms with Crippen molar-refractivity contribution in [3.8, 4) is 66.8 Å². The molecule has 4 aliphatic rings. The lowest BCUT2D eigenvalue weighted by Gasteiger charge is -2.31.